The van der Waals surface area contributed by atoms with E-state index in [1.165, 1.54) is 49.7 Å². The highest BCUT2D eigenvalue weighted by Gasteiger charge is 2.51. The number of hydrogen-bond donors (Lipinski definition) is 0. The molecule has 0 radical (unpaired) electrons. The Morgan fingerprint density at radius 1 is 0.418 bits per heavy atom. The summed E-state index contributed by atoms with van der Waals surface area (Å²) in [7, 11) is 0. The number of anilines is 6. The van der Waals surface area contributed by atoms with Crippen molar-refractivity contribution >= 4 is 56.1 Å². The first kappa shape index (κ1) is 32.4. The molecule has 0 N–H and O–H groups in total. The van der Waals surface area contributed by atoms with Gasteiger partial charge in [0.25, 0.3) is 0 Å². The van der Waals surface area contributed by atoms with Gasteiger partial charge >= 0.3 is 0 Å². The van der Waals surface area contributed by atoms with E-state index < -0.39 is 0 Å². The van der Waals surface area contributed by atoms with E-state index >= 15 is 0 Å². The highest BCUT2D eigenvalue weighted by Crippen LogP contribution is 2.61. The van der Waals surface area contributed by atoms with Gasteiger partial charge in [-0.1, -0.05) is 103 Å². The summed E-state index contributed by atoms with van der Waals surface area (Å²) < 4.78 is 6.97. The monoisotopic (exact) mass is 712 g/mol. The molecule has 7 aromatic carbocycles. The molecular weight excluding hydrogens is 669 g/mol. The predicted octanol–water partition coefficient (Wildman–Crippen LogP) is 14.7. The van der Waals surface area contributed by atoms with E-state index in [0.29, 0.717) is 5.41 Å². The first-order valence-electron chi connectivity index (χ1n) is 20.1. The van der Waals surface area contributed by atoms with E-state index in [4.69, 9.17) is 4.42 Å². The fourth-order valence-electron chi connectivity index (χ4n) is 11.0. The summed E-state index contributed by atoms with van der Waals surface area (Å²) in [6.07, 6.45) is 8.53. The average Bonchev–Trinajstić information content (AvgIpc) is 3.61. The summed E-state index contributed by atoms with van der Waals surface area (Å²) in [5.41, 5.74) is 12.6. The molecule has 3 heteroatoms. The van der Waals surface area contributed by atoms with Crippen molar-refractivity contribution in [3.63, 3.8) is 0 Å². The molecule has 0 spiro atoms. The number of fused-ring (bicyclic) bond motifs is 3. The Hall–Kier alpha value is -6.06. The summed E-state index contributed by atoms with van der Waals surface area (Å²) in [6, 6.07) is 63.6. The Morgan fingerprint density at radius 2 is 0.927 bits per heavy atom. The van der Waals surface area contributed by atoms with Crippen molar-refractivity contribution in [2.24, 2.45) is 17.8 Å². The van der Waals surface area contributed by atoms with Gasteiger partial charge in [-0.05, 0) is 145 Å². The quantitative estimate of drug-likeness (QED) is 0.156. The van der Waals surface area contributed by atoms with Gasteiger partial charge in [-0.25, -0.2) is 0 Å². The maximum atomic E-state index is 6.97. The minimum Gasteiger partial charge on any atom is -0.454 e. The Balaban J connectivity index is 0.994. The van der Waals surface area contributed by atoms with E-state index in [1.54, 1.807) is 5.56 Å². The van der Waals surface area contributed by atoms with Crippen molar-refractivity contribution in [1.29, 1.82) is 0 Å². The van der Waals surface area contributed by atoms with Gasteiger partial charge in [0, 0.05) is 45.3 Å². The normalized spacial score (nSPS) is 21.3. The molecule has 0 saturated heterocycles. The van der Waals surface area contributed by atoms with Crippen molar-refractivity contribution in [2.45, 2.75) is 43.9 Å². The van der Waals surface area contributed by atoms with E-state index in [2.05, 4.69) is 186 Å². The molecule has 0 amide bonds. The molecular formula is C52H44N2O. The molecule has 4 aliphatic carbocycles. The standard InChI is InChI=1S/C52H44N2O/c1-4-11-39(12-5-1)40-19-23-44(24-20-40)53(42-13-6-2-7-14-42)46-27-28-47-48-17-10-18-49(51(48)55-50(47)32-46)54(43-15-8-3-9-16-43)45-25-21-41(22-26-45)52-33-36-29-37(34-52)31-38(30-36)35-52/h1-28,32,36-38H,29-31,33-35H2. The third-order valence-corrected chi connectivity index (χ3v) is 13.0. The van der Waals surface area contributed by atoms with Gasteiger partial charge in [-0.2, -0.15) is 0 Å². The summed E-state index contributed by atoms with van der Waals surface area (Å²) >= 11 is 0. The second-order valence-electron chi connectivity index (χ2n) is 16.4. The van der Waals surface area contributed by atoms with Crippen LogP contribution in [0.5, 0.6) is 0 Å². The fourth-order valence-corrected chi connectivity index (χ4v) is 11.0. The van der Waals surface area contributed by atoms with Gasteiger partial charge in [0.2, 0.25) is 0 Å². The lowest BCUT2D eigenvalue weighted by atomic mass is 9.48. The molecule has 0 atom stereocenters. The number of rotatable bonds is 8. The summed E-state index contributed by atoms with van der Waals surface area (Å²) in [4.78, 5) is 4.68. The zero-order valence-electron chi connectivity index (χ0n) is 31.0. The van der Waals surface area contributed by atoms with Crippen LogP contribution < -0.4 is 9.80 Å². The fraction of sp³-hybridized carbons (Fsp3) is 0.192. The number of nitrogens with zero attached hydrogens (tertiary/aromatic N) is 2. The lowest BCUT2D eigenvalue weighted by molar-refractivity contribution is -0.00518. The van der Waals surface area contributed by atoms with Crippen LogP contribution >= 0.6 is 0 Å². The minimum absolute atomic E-state index is 0.374. The van der Waals surface area contributed by atoms with Crippen molar-refractivity contribution in [1.82, 2.24) is 0 Å². The molecule has 1 heterocycles. The van der Waals surface area contributed by atoms with Gasteiger partial charge in [0.1, 0.15) is 5.58 Å². The summed E-state index contributed by atoms with van der Waals surface area (Å²) in [5, 5.41) is 2.22. The van der Waals surface area contributed by atoms with Gasteiger partial charge in [0.05, 0.1) is 5.69 Å². The van der Waals surface area contributed by atoms with E-state index in [-0.39, 0.29) is 0 Å². The number of hydrogen-bond acceptors (Lipinski definition) is 3. The largest absolute Gasteiger partial charge is 0.454 e. The highest BCUT2D eigenvalue weighted by molar-refractivity contribution is 6.11. The molecule has 0 aliphatic heterocycles. The average molecular weight is 713 g/mol. The molecule has 12 rings (SSSR count). The predicted molar refractivity (Wildman–Crippen MR) is 228 cm³/mol. The maximum Gasteiger partial charge on any atom is 0.159 e. The zero-order valence-corrected chi connectivity index (χ0v) is 31.0. The maximum absolute atomic E-state index is 6.97. The van der Waals surface area contributed by atoms with Crippen LogP contribution in [-0.4, -0.2) is 0 Å². The van der Waals surface area contributed by atoms with Gasteiger partial charge in [-0.15, -0.1) is 0 Å². The van der Waals surface area contributed by atoms with Crippen LogP contribution in [0.15, 0.2) is 180 Å². The van der Waals surface area contributed by atoms with Gasteiger partial charge < -0.3 is 14.2 Å². The van der Waals surface area contributed by atoms with Crippen molar-refractivity contribution in [2.75, 3.05) is 9.80 Å². The SMILES string of the molecule is c1ccc(-c2ccc(N(c3ccccc3)c3ccc4c(c3)oc3c(N(c5ccccc5)c5ccc(C67CC8CC(CC(C8)C6)C7)cc5)cccc34)cc2)cc1. The number of furan rings is 1. The van der Waals surface area contributed by atoms with Crippen molar-refractivity contribution in [3.8, 4) is 11.1 Å². The van der Waals surface area contributed by atoms with E-state index in [1.807, 2.05) is 0 Å². The molecule has 55 heavy (non-hydrogen) atoms. The van der Waals surface area contributed by atoms with Gasteiger partial charge in [-0.3, -0.25) is 0 Å². The Labute approximate surface area is 323 Å². The molecule has 4 bridgehead atoms. The summed E-state index contributed by atoms with van der Waals surface area (Å²) in [6.45, 7) is 0. The first-order valence-corrected chi connectivity index (χ1v) is 20.1. The van der Waals surface area contributed by atoms with Crippen LogP contribution in [0.4, 0.5) is 34.1 Å². The first-order chi connectivity index (χ1) is 27.2. The van der Waals surface area contributed by atoms with Gasteiger partial charge in [0.15, 0.2) is 5.58 Å². The summed E-state index contributed by atoms with van der Waals surface area (Å²) in [5.74, 6) is 2.79. The van der Waals surface area contributed by atoms with E-state index in [0.717, 1.165) is 73.8 Å². The minimum atomic E-state index is 0.374. The van der Waals surface area contributed by atoms with Crippen LogP contribution in [0.2, 0.25) is 0 Å². The molecule has 268 valence electrons. The van der Waals surface area contributed by atoms with Crippen LogP contribution in [0.3, 0.4) is 0 Å². The van der Waals surface area contributed by atoms with Crippen LogP contribution in [0, 0.1) is 17.8 Å². The Kier molecular flexibility index (Phi) is 7.69. The van der Waals surface area contributed by atoms with Crippen LogP contribution in [0.1, 0.15) is 44.1 Å². The highest BCUT2D eigenvalue weighted by atomic mass is 16.3. The zero-order chi connectivity index (χ0) is 36.3. The number of benzene rings is 7. The topological polar surface area (TPSA) is 19.6 Å². The molecule has 3 nitrogen and oxygen atoms in total. The molecule has 4 fully saturated rings. The molecule has 4 saturated carbocycles. The lowest BCUT2D eigenvalue weighted by Crippen LogP contribution is -2.48. The third kappa shape index (κ3) is 5.64. The molecule has 1 aromatic heterocycles. The Bertz CT molecular complexity index is 2570. The Morgan fingerprint density at radius 3 is 1.56 bits per heavy atom. The number of para-hydroxylation sites is 3. The lowest BCUT2D eigenvalue weighted by Gasteiger charge is -2.57. The van der Waals surface area contributed by atoms with Crippen molar-refractivity contribution in [3.05, 3.63) is 181 Å². The van der Waals surface area contributed by atoms with Crippen LogP contribution in [-0.2, 0) is 5.41 Å². The van der Waals surface area contributed by atoms with Crippen LogP contribution in [0.25, 0.3) is 33.1 Å². The third-order valence-electron chi connectivity index (χ3n) is 13.0. The second-order valence-corrected chi connectivity index (χ2v) is 16.4. The molecule has 8 aromatic rings. The molecule has 4 aliphatic rings. The van der Waals surface area contributed by atoms with E-state index in [9.17, 15) is 0 Å². The van der Waals surface area contributed by atoms with Crippen molar-refractivity contribution < 1.29 is 4.42 Å². The smallest absolute Gasteiger partial charge is 0.159 e. The molecule has 0 unspecified atom stereocenters. The second kappa shape index (κ2) is 13.1.